The molecule has 0 spiro atoms. The first-order valence-electron chi connectivity index (χ1n) is 12.2. The molecule has 0 saturated heterocycles. The number of para-hydroxylation sites is 1. The molecule has 0 amide bonds. The predicted octanol–water partition coefficient (Wildman–Crippen LogP) is 6.46. The molecule has 0 N–H and O–H groups in total. The predicted molar refractivity (Wildman–Crippen MR) is 143 cm³/mol. The van der Waals surface area contributed by atoms with Gasteiger partial charge in [0, 0.05) is 53.4 Å². The fourth-order valence-corrected chi connectivity index (χ4v) is 5.88. The van der Waals surface area contributed by atoms with Crippen LogP contribution in [0.5, 0.6) is 0 Å². The Morgan fingerprint density at radius 2 is 1.62 bits per heavy atom. The van der Waals surface area contributed by atoms with Gasteiger partial charge in [-0.1, -0.05) is 60.7 Å². The Bertz CT molecular complexity index is 1390. The number of aryl methyl sites for hydroxylation is 1. The standard InChI is InChI=1S/C31H32N2O/c1-5-33(6-2)26-17-15-25(16-18-26)31(19-23-11-7-8-12-27(23)24(20-31)21-34)30-22(3)32(4)29-14-10-9-13-28(29)30/h7-18,20-21H,5-6,19H2,1-4H3. The molecule has 4 aromatic rings. The number of aldehydes is 1. The topological polar surface area (TPSA) is 25.2 Å². The monoisotopic (exact) mass is 448 g/mol. The van der Waals surface area contributed by atoms with E-state index in [-0.39, 0.29) is 0 Å². The summed E-state index contributed by atoms with van der Waals surface area (Å²) in [6.45, 7) is 8.54. The van der Waals surface area contributed by atoms with E-state index in [2.05, 4.69) is 110 Å². The maximum Gasteiger partial charge on any atom is 0.150 e. The summed E-state index contributed by atoms with van der Waals surface area (Å²) in [5.74, 6) is 0. The van der Waals surface area contributed by atoms with Crippen LogP contribution in [0.25, 0.3) is 16.5 Å². The zero-order valence-corrected chi connectivity index (χ0v) is 20.5. The number of allylic oxidation sites excluding steroid dienone is 2. The number of rotatable bonds is 6. The average molecular weight is 449 g/mol. The summed E-state index contributed by atoms with van der Waals surface area (Å²) in [4.78, 5) is 14.7. The van der Waals surface area contributed by atoms with E-state index in [4.69, 9.17) is 0 Å². The molecule has 1 aliphatic rings. The molecule has 0 aliphatic heterocycles. The van der Waals surface area contributed by atoms with E-state index in [1.807, 2.05) is 6.07 Å². The van der Waals surface area contributed by atoms with Gasteiger partial charge < -0.3 is 9.47 Å². The van der Waals surface area contributed by atoms with Gasteiger partial charge in [-0.3, -0.25) is 4.79 Å². The number of nitrogens with zero attached hydrogens (tertiary/aromatic N) is 2. The van der Waals surface area contributed by atoms with Gasteiger partial charge in [-0.05, 0) is 67.6 Å². The van der Waals surface area contributed by atoms with Crippen molar-refractivity contribution in [3.63, 3.8) is 0 Å². The van der Waals surface area contributed by atoms with Crippen LogP contribution in [0.3, 0.4) is 0 Å². The Hall–Kier alpha value is -3.59. The van der Waals surface area contributed by atoms with Gasteiger partial charge in [0.1, 0.15) is 6.29 Å². The molecule has 34 heavy (non-hydrogen) atoms. The van der Waals surface area contributed by atoms with Gasteiger partial charge in [0.05, 0.1) is 0 Å². The number of fused-ring (bicyclic) bond motifs is 2. The lowest BCUT2D eigenvalue weighted by molar-refractivity contribution is -0.103. The molecule has 3 heteroatoms. The zero-order valence-electron chi connectivity index (χ0n) is 20.5. The number of hydrogen-bond acceptors (Lipinski definition) is 2. The van der Waals surface area contributed by atoms with Crippen LogP contribution in [0, 0.1) is 6.92 Å². The highest BCUT2D eigenvalue weighted by Crippen LogP contribution is 2.48. The number of carbonyl (C=O) groups is 1. The Balaban J connectivity index is 1.82. The van der Waals surface area contributed by atoms with Gasteiger partial charge in [-0.25, -0.2) is 0 Å². The SMILES string of the molecule is CCN(CC)c1ccc(C2(c3c(C)n(C)c4ccccc34)C=C(C=O)c3ccccc3C2)cc1. The van der Waals surface area contributed by atoms with Crippen molar-refractivity contribution in [2.75, 3.05) is 18.0 Å². The molecule has 1 heterocycles. The van der Waals surface area contributed by atoms with E-state index in [1.54, 1.807) is 0 Å². The number of hydrogen-bond donors (Lipinski definition) is 0. The lowest BCUT2D eigenvalue weighted by Gasteiger charge is -2.37. The molecule has 5 rings (SSSR count). The molecular weight excluding hydrogens is 416 g/mol. The van der Waals surface area contributed by atoms with Crippen LogP contribution in [-0.2, 0) is 23.7 Å². The van der Waals surface area contributed by atoms with E-state index in [9.17, 15) is 4.79 Å². The fraction of sp³-hybridized carbons (Fsp3) is 0.258. The van der Waals surface area contributed by atoms with Gasteiger partial charge in [-0.2, -0.15) is 0 Å². The van der Waals surface area contributed by atoms with Crippen LogP contribution in [0.1, 0.15) is 41.8 Å². The summed E-state index contributed by atoms with van der Waals surface area (Å²) in [5.41, 5.74) is 8.78. The molecule has 0 radical (unpaired) electrons. The molecule has 1 aliphatic carbocycles. The highest BCUT2D eigenvalue weighted by atomic mass is 16.1. The van der Waals surface area contributed by atoms with Crippen molar-refractivity contribution >= 4 is 28.4 Å². The van der Waals surface area contributed by atoms with Crippen molar-refractivity contribution < 1.29 is 4.79 Å². The summed E-state index contributed by atoms with van der Waals surface area (Å²) in [6, 6.07) is 26.0. The highest BCUT2D eigenvalue weighted by molar-refractivity contribution is 6.09. The lowest BCUT2D eigenvalue weighted by atomic mass is 9.65. The third kappa shape index (κ3) is 3.30. The van der Waals surface area contributed by atoms with Crippen molar-refractivity contribution in [1.29, 1.82) is 0 Å². The molecule has 0 bridgehead atoms. The summed E-state index contributed by atoms with van der Waals surface area (Å²) in [5, 5.41) is 1.25. The van der Waals surface area contributed by atoms with Crippen molar-refractivity contribution in [2.24, 2.45) is 7.05 Å². The third-order valence-electron chi connectivity index (χ3n) is 7.68. The van der Waals surface area contributed by atoms with E-state index >= 15 is 0 Å². The Labute approximate surface area is 202 Å². The minimum absolute atomic E-state index is 0.433. The molecule has 0 saturated carbocycles. The summed E-state index contributed by atoms with van der Waals surface area (Å²) < 4.78 is 2.28. The van der Waals surface area contributed by atoms with Gasteiger partial charge in [0.15, 0.2) is 0 Å². The summed E-state index contributed by atoms with van der Waals surface area (Å²) in [6.07, 6.45) is 4.07. The minimum atomic E-state index is -0.433. The first kappa shape index (κ1) is 22.2. The zero-order chi connectivity index (χ0) is 23.9. The Kier molecular flexibility index (Phi) is 5.65. The second-order valence-electron chi connectivity index (χ2n) is 9.28. The Morgan fingerprint density at radius 3 is 2.32 bits per heavy atom. The third-order valence-corrected chi connectivity index (χ3v) is 7.68. The van der Waals surface area contributed by atoms with Crippen LogP contribution in [0.2, 0.25) is 0 Å². The van der Waals surface area contributed by atoms with Gasteiger partial charge in [0.25, 0.3) is 0 Å². The van der Waals surface area contributed by atoms with Crippen LogP contribution in [-0.4, -0.2) is 23.9 Å². The van der Waals surface area contributed by atoms with Crippen molar-refractivity contribution in [1.82, 2.24) is 4.57 Å². The lowest BCUT2D eigenvalue weighted by Crippen LogP contribution is -2.33. The maximum absolute atomic E-state index is 12.4. The molecule has 0 fully saturated rings. The Morgan fingerprint density at radius 1 is 0.941 bits per heavy atom. The number of carbonyl (C=O) groups excluding carboxylic acids is 1. The average Bonchev–Trinajstić information content (AvgIpc) is 3.14. The smallest absolute Gasteiger partial charge is 0.150 e. The molecule has 1 aromatic heterocycles. The minimum Gasteiger partial charge on any atom is -0.372 e. The molecular formula is C31H32N2O. The maximum atomic E-state index is 12.4. The van der Waals surface area contributed by atoms with Gasteiger partial charge >= 0.3 is 0 Å². The molecule has 3 aromatic carbocycles. The second-order valence-corrected chi connectivity index (χ2v) is 9.28. The van der Waals surface area contributed by atoms with E-state index in [0.717, 1.165) is 36.9 Å². The summed E-state index contributed by atoms with van der Waals surface area (Å²) in [7, 11) is 2.14. The van der Waals surface area contributed by atoms with E-state index in [1.165, 1.54) is 39.0 Å². The summed E-state index contributed by atoms with van der Waals surface area (Å²) >= 11 is 0. The normalized spacial score (nSPS) is 17.4. The number of benzene rings is 3. The van der Waals surface area contributed by atoms with Crippen molar-refractivity contribution in [3.8, 4) is 0 Å². The highest BCUT2D eigenvalue weighted by Gasteiger charge is 2.40. The van der Waals surface area contributed by atoms with Crippen LogP contribution >= 0.6 is 0 Å². The number of anilines is 1. The molecule has 172 valence electrons. The van der Waals surface area contributed by atoms with Crippen LogP contribution in [0.4, 0.5) is 5.69 Å². The van der Waals surface area contributed by atoms with Crippen LogP contribution < -0.4 is 4.90 Å². The largest absolute Gasteiger partial charge is 0.372 e. The van der Waals surface area contributed by atoms with Crippen molar-refractivity contribution in [3.05, 3.63) is 107 Å². The van der Waals surface area contributed by atoms with Gasteiger partial charge in [-0.15, -0.1) is 0 Å². The number of aromatic nitrogens is 1. The van der Waals surface area contributed by atoms with E-state index < -0.39 is 5.41 Å². The fourth-order valence-electron chi connectivity index (χ4n) is 5.88. The van der Waals surface area contributed by atoms with E-state index in [0.29, 0.717) is 0 Å². The molecule has 3 nitrogen and oxygen atoms in total. The first-order chi connectivity index (χ1) is 16.5. The second kappa shape index (κ2) is 8.64. The molecule has 1 unspecified atom stereocenters. The molecule has 1 atom stereocenters. The van der Waals surface area contributed by atoms with Crippen LogP contribution in [0.15, 0.2) is 78.9 Å². The van der Waals surface area contributed by atoms with Gasteiger partial charge in [0.2, 0.25) is 0 Å². The first-order valence-corrected chi connectivity index (χ1v) is 12.2. The quantitative estimate of drug-likeness (QED) is 0.316. The van der Waals surface area contributed by atoms with Crippen molar-refractivity contribution in [2.45, 2.75) is 32.6 Å².